The predicted molar refractivity (Wildman–Crippen MR) is 75.0 cm³/mol. The molecule has 0 radical (unpaired) electrons. The second-order valence-corrected chi connectivity index (χ2v) is 6.19. The molecule has 106 valence electrons. The molecule has 19 heavy (non-hydrogen) atoms. The van der Waals surface area contributed by atoms with Crippen molar-refractivity contribution in [3.05, 3.63) is 29.6 Å². The summed E-state index contributed by atoms with van der Waals surface area (Å²) in [6.07, 6.45) is 2.17. The van der Waals surface area contributed by atoms with Crippen molar-refractivity contribution in [3.63, 3.8) is 0 Å². The first kappa shape index (κ1) is 14.3. The lowest BCUT2D eigenvalue weighted by Gasteiger charge is -2.28. The van der Waals surface area contributed by atoms with Gasteiger partial charge in [-0.15, -0.1) is 0 Å². The van der Waals surface area contributed by atoms with E-state index >= 15 is 0 Å². The second-order valence-electron chi connectivity index (χ2n) is 6.19. The number of methoxy groups -OCH3 is 1. The maximum absolute atomic E-state index is 13.4. The van der Waals surface area contributed by atoms with E-state index in [-0.39, 0.29) is 16.8 Å². The Balaban J connectivity index is 2.06. The van der Waals surface area contributed by atoms with Gasteiger partial charge in [0, 0.05) is 29.6 Å². The number of hydrogen-bond donors (Lipinski definition) is 2. The van der Waals surface area contributed by atoms with Crippen LogP contribution in [-0.2, 0) is 5.41 Å². The number of benzene rings is 1. The maximum atomic E-state index is 13.4. The van der Waals surface area contributed by atoms with Gasteiger partial charge in [0.2, 0.25) is 0 Å². The highest BCUT2D eigenvalue weighted by atomic mass is 19.1. The van der Waals surface area contributed by atoms with Crippen LogP contribution in [0.4, 0.5) is 4.39 Å². The minimum Gasteiger partial charge on any atom is -0.496 e. The number of ether oxygens (including phenoxy) is 1. The van der Waals surface area contributed by atoms with Crippen molar-refractivity contribution in [3.8, 4) is 5.75 Å². The van der Waals surface area contributed by atoms with E-state index in [1.807, 2.05) is 0 Å². The van der Waals surface area contributed by atoms with Crippen molar-refractivity contribution >= 4 is 0 Å². The average molecular weight is 266 g/mol. The van der Waals surface area contributed by atoms with Gasteiger partial charge in [0.1, 0.15) is 11.6 Å². The van der Waals surface area contributed by atoms with Crippen LogP contribution in [0.5, 0.6) is 5.75 Å². The van der Waals surface area contributed by atoms with Gasteiger partial charge >= 0.3 is 0 Å². The molecule has 0 atom stereocenters. The first-order valence-electron chi connectivity index (χ1n) is 6.70. The summed E-state index contributed by atoms with van der Waals surface area (Å²) >= 11 is 0. The molecule has 0 amide bonds. The highest BCUT2D eigenvalue weighted by Crippen LogP contribution is 2.33. The average Bonchev–Trinajstić information content (AvgIpc) is 3.07. The molecule has 0 bridgehead atoms. The molecule has 0 aliphatic heterocycles. The Kier molecular flexibility index (Phi) is 3.83. The van der Waals surface area contributed by atoms with Crippen LogP contribution >= 0.6 is 0 Å². The Bertz CT molecular complexity index is 455. The Morgan fingerprint density at radius 2 is 2.11 bits per heavy atom. The molecule has 3 nitrogen and oxygen atoms in total. The zero-order valence-corrected chi connectivity index (χ0v) is 11.9. The SMILES string of the molecule is COc1ccc(F)cc1C(C)(C)CNCC1(N)CC1. The molecule has 0 aromatic heterocycles. The molecular weight excluding hydrogens is 243 g/mol. The van der Waals surface area contributed by atoms with Crippen molar-refractivity contribution in [1.82, 2.24) is 5.32 Å². The van der Waals surface area contributed by atoms with Crippen molar-refractivity contribution in [2.75, 3.05) is 20.2 Å². The molecule has 3 N–H and O–H groups in total. The normalized spacial score (nSPS) is 17.3. The number of hydrogen-bond acceptors (Lipinski definition) is 3. The van der Waals surface area contributed by atoms with Gasteiger partial charge in [-0.25, -0.2) is 4.39 Å². The molecule has 1 saturated carbocycles. The fraction of sp³-hybridized carbons (Fsp3) is 0.600. The van der Waals surface area contributed by atoms with Crippen molar-refractivity contribution < 1.29 is 9.13 Å². The van der Waals surface area contributed by atoms with Gasteiger partial charge in [0.05, 0.1) is 7.11 Å². The zero-order chi connectivity index (χ0) is 14.1. The van der Waals surface area contributed by atoms with E-state index in [1.165, 1.54) is 6.07 Å². The Morgan fingerprint density at radius 3 is 2.68 bits per heavy atom. The standard InChI is InChI=1S/C15H23FN2O/c1-14(2,9-18-10-15(17)6-7-15)12-8-11(16)4-5-13(12)19-3/h4-5,8,18H,6-7,9-10,17H2,1-3H3. The number of nitrogens with one attached hydrogen (secondary N) is 1. The molecule has 1 aliphatic rings. The maximum Gasteiger partial charge on any atom is 0.123 e. The van der Waals surface area contributed by atoms with E-state index in [1.54, 1.807) is 19.2 Å². The van der Waals surface area contributed by atoms with Crippen LogP contribution in [0.3, 0.4) is 0 Å². The van der Waals surface area contributed by atoms with Crippen LogP contribution in [-0.4, -0.2) is 25.7 Å². The molecule has 1 fully saturated rings. The molecule has 1 aromatic carbocycles. The fourth-order valence-corrected chi connectivity index (χ4v) is 2.27. The summed E-state index contributed by atoms with van der Waals surface area (Å²) in [5.74, 6) is 0.489. The molecule has 1 aliphatic carbocycles. The van der Waals surface area contributed by atoms with E-state index in [0.29, 0.717) is 0 Å². The first-order valence-corrected chi connectivity index (χ1v) is 6.70. The third kappa shape index (κ3) is 3.45. The van der Waals surface area contributed by atoms with E-state index in [2.05, 4.69) is 19.2 Å². The summed E-state index contributed by atoms with van der Waals surface area (Å²) in [5, 5.41) is 3.39. The molecule has 1 aromatic rings. The van der Waals surface area contributed by atoms with Crippen LogP contribution in [0.1, 0.15) is 32.3 Å². The molecule has 0 heterocycles. The molecule has 0 unspecified atom stereocenters. The molecule has 0 saturated heterocycles. The largest absolute Gasteiger partial charge is 0.496 e. The lowest BCUT2D eigenvalue weighted by Crippen LogP contribution is -2.41. The van der Waals surface area contributed by atoms with E-state index < -0.39 is 0 Å². The summed E-state index contributed by atoms with van der Waals surface area (Å²) < 4.78 is 18.8. The highest BCUT2D eigenvalue weighted by Gasteiger charge is 2.38. The summed E-state index contributed by atoms with van der Waals surface area (Å²) in [6, 6.07) is 4.65. The third-order valence-corrected chi connectivity index (χ3v) is 3.83. The van der Waals surface area contributed by atoms with Gasteiger partial charge in [0.15, 0.2) is 0 Å². The quantitative estimate of drug-likeness (QED) is 0.829. The van der Waals surface area contributed by atoms with Crippen LogP contribution in [0.25, 0.3) is 0 Å². The Morgan fingerprint density at radius 1 is 1.42 bits per heavy atom. The molecular formula is C15H23FN2O. The van der Waals surface area contributed by atoms with Gasteiger partial charge in [-0.2, -0.15) is 0 Å². The van der Waals surface area contributed by atoms with Crippen LogP contribution in [0.2, 0.25) is 0 Å². The first-order chi connectivity index (χ1) is 8.86. The topological polar surface area (TPSA) is 47.3 Å². The van der Waals surface area contributed by atoms with Crippen molar-refractivity contribution in [2.24, 2.45) is 5.73 Å². The lowest BCUT2D eigenvalue weighted by molar-refractivity contribution is 0.381. The van der Waals surface area contributed by atoms with Gasteiger partial charge < -0.3 is 15.8 Å². The number of rotatable bonds is 6. The third-order valence-electron chi connectivity index (χ3n) is 3.83. The van der Waals surface area contributed by atoms with Crippen LogP contribution < -0.4 is 15.8 Å². The fourth-order valence-electron chi connectivity index (χ4n) is 2.27. The van der Waals surface area contributed by atoms with Gasteiger partial charge in [-0.1, -0.05) is 13.8 Å². The Labute approximate surface area is 114 Å². The second kappa shape index (κ2) is 5.10. The summed E-state index contributed by atoms with van der Waals surface area (Å²) in [5.41, 5.74) is 6.71. The minimum atomic E-state index is -0.235. The van der Waals surface area contributed by atoms with Gasteiger partial charge in [0.25, 0.3) is 0 Å². The zero-order valence-electron chi connectivity index (χ0n) is 11.9. The molecule has 2 rings (SSSR count). The van der Waals surface area contributed by atoms with Gasteiger partial charge in [-0.3, -0.25) is 0 Å². The van der Waals surface area contributed by atoms with Crippen LogP contribution in [0, 0.1) is 5.82 Å². The van der Waals surface area contributed by atoms with E-state index in [4.69, 9.17) is 10.5 Å². The summed E-state index contributed by atoms with van der Waals surface area (Å²) in [4.78, 5) is 0. The highest BCUT2D eigenvalue weighted by molar-refractivity contribution is 5.39. The van der Waals surface area contributed by atoms with Gasteiger partial charge in [-0.05, 0) is 31.0 Å². The van der Waals surface area contributed by atoms with Crippen molar-refractivity contribution in [1.29, 1.82) is 0 Å². The number of halogens is 1. The van der Waals surface area contributed by atoms with E-state index in [0.717, 1.165) is 37.2 Å². The predicted octanol–water partition coefficient (Wildman–Crippen LogP) is 2.19. The summed E-state index contributed by atoms with van der Waals surface area (Å²) in [6.45, 7) is 5.71. The lowest BCUT2D eigenvalue weighted by atomic mass is 9.83. The van der Waals surface area contributed by atoms with Crippen LogP contribution in [0.15, 0.2) is 18.2 Å². The van der Waals surface area contributed by atoms with E-state index in [9.17, 15) is 4.39 Å². The minimum absolute atomic E-state index is 0.0118. The summed E-state index contributed by atoms with van der Waals surface area (Å²) in [7, 11) is 1.61. The van der Waals surface area contributed by atoms with Crippen molar-refractivity contribution in [2.45, 2.75) is 37.6 Å². The Hall–Kier alpha value is -1.13. The monoisotopic (exact) mass is 266 g/mol. The molecule has 4 heteroatoms. The number of nitrogens with two attached hydrogens (primary N) is 1. The molecule has 0 spiro atoms. The smallest absolute Gasteiger partial charge is 0.123 e.